The van der Waals surface area contributed by atoms with Crippen LogP contribution in [0.15, 0.2) is 42.5 Å². The lowest BCUT2D eigenvalue weighted by molar-refractivity contribution is 0.220. The van der Waals surface area contributed by atoms with Gasteiger partial charge in [0.05, 0.1) is 0 Å². The number of hydrogen-bond donors (Lipinski definition) is 1. The highest BCUT2D eigenvalue weighted by Gasteiger charge is 2.24. The van der Waals surface area contributed by atoms with E-state index in [2.05, 4.69) is 57.3 Å². The maximum absolute atomic E-state index is 5.60. The number of nitrogens with zero attached hydrogens (tertiary/aromatic N) is 4. The minimum absolute atomic E-state index is 0.417. The molecule has 1 aliphatic rings. The van der Waals surface area contributed by atoms with Gasteiger partial charge in [-0.2, -0.15) is 0 Å². The predicted molar refractivity (Wildman–Crippen MR) is 85.0 cm³/mol. The van der Waals surface area contributed by atoms with Crippen LogP contribution in [0.4, 0.5) is 11.6 Å². The van der Waals surface area contributed by atoms with E-state index in [0.717, 1.165) is 32.0 Å². The van der Waals surface area contributed by atoms with E-state index in [1.807, 2.05) is 12.1 Å². The number of anilines is 2. The van der Waals surface area contributed by atoms with Crippen molar-refractivity contribution < 1.29 is 0 Å². The first-order chi connectivity index (χ1) is 10.2. The fraction of sp³-hybridized carbons (Fsp3) is 0.375. The minimum atomic E-state index is 0.417. The summed E-state index contributed by atoms with van der Waals surface area (Å²) in [4.78, 5) is 4.79. The molecule has 21 heavy (non-hydrogen) atoms. The number of nitrogens with two attached hydrogens (primary N) is 1. The Bertz CT molecular complexity index is 569. The molecule has 110 valence electrons. The summed E-state index contributed by atoms with van der Waals surface area (Å²) in [6.07, 6.45) is 0. The first-order valence-corrected chi connectivity index (χ1v) is 7.34. The maximum Gasteiger partial charge on any atom is 0.151 e. The third kappa shape index (κ3) is 3.31. The summed E-state index contributed by atoms with van der Waals surface area (Å²) < 4.78 is 0. The molecule has 0 radical (unpaired) electrons. The van der Waals surface area contributed by atoms with Gasteiger partial charge in [-0.25, -0.2) is 0 Å². The van der Waals surface area contributed by atoms with E-state index < -0.39 is 0 Å². The molecule has 1 aromatic heterocycles. The lowest BCUT2D eigenvalue weighted by atomic mass is 10.1. The summed E-state index contributed by atoms with van der Waals surface area (Å²) in [5.41, 5.74) is 6.96. The third-order valence-electron chi connectivity index (χ3n) is 3.93. The lowest BCUT2D eigenvalue weighted by Crippen LogP contribution is -2.51. The van der Waals surface area contributed by atoms with Crippen molar-refractivity contribution >= 4 is 11.6 Å². The molecule has 1 aliphatic heterocycles. The normalized spacial score (nSPS) is 19.7. The van der Waals surface area contributed by atoms with Crippen molar-refractivity contribution in [1.29, 1.82) is 0 Å². The van der Waals surface area contributed by atoms with Crippen molar-refractivity contribution in [2.24, 2.45) is 0 Å². The molecule has 1 fully saturated rings. The molecule has 2 N–H and O–H groups in total. The van der Waals surface area contributed by atoms with Gasteiger partial charge in [0.1, 0.15) is 5.82 Å². The van der Waals surface area contributed by atoms with Crippen molar-refractivity contribution in [2.75, 3.05) is 30.3 Å². The molecule has 0 bridgehead atoms. The summed E-state index contributed by atoms with van der Waals surface area (Å²) in [5, 5.41) is 8.14. The van der Waals surface area contributed by atoms with Crippen LogP contribution in [0.5, 0.6) is 0 Å². The number of piperazine rings is 1. The Hall–Kier alpha value is -2.14. The van der Waals surface area contributed by atoms with Crippen LogP contribution in [0.1, 0.15) is 12.5 Å². The van der Waals surface area contributed by atoms with E-state index in [1.165, 1.54) is 5.56 Å². The number of benzene rings is 1. The molecule has 1 aromatic carbocycles. The summed E-state index contributed by atoms with van der Waals surface area (Å²) in [6, 6.07) is 14.8. The van der Waals surface area contributed by atoms with Gasteiger partial charge in [0, 0.05) is 32.2 Å². The van der Waals surface area contributed by atoms with Gasteiger partial charge in [0.2, 0.25) is 0 Å². The predicted octanol–water partition coefficient (Wildman–Crippen LogP) is 1.77. The second kappa shape index (κ2) is 6.10. The largest absolute Gasteiger partial charge is 0.382 e. The van der Waals surface area contributed by atoms with Gasteiger partial charge in [-0.3, -0.25) is 4.90 Å². The van der Waals surface area contributed by atoms with E-state index in [1.54, 1.807) is 0 Å². The Morgan fingerprint density at radius 3 is 2.57 bits per heavy atom. The van der Waals surface area contributed by atoms with Crippen LogP contribution in [0.3, 0.4) is 0 Å². The summed E-state index contributed by atoms with van der Waals surface area (Å²) in [7, 11) is 0. The van der Waals surface area contributed by atoms with Crippen molar-refractivity contribution in [3.05, 3.63) is 48.0 Å². The molecular weight excluding hydrogens is 262 g/mol. The minimum Gasteiger partial charge on any atom is -0.382 e. The number of nitrogen functional groups attached to an aromatic ring is 1. The highest BCUT2D eigenvalue weighted by atomic mass is 15.3. The molecular formula is C16H21N5. The van der Waals surface area contributed by atoms with Crippen LogP contribution in [0.2, 0.25) is 0 Å². The van der Waals surface area contributed by atoms with Gasteiger partial charge in [-0.1, -0.05) is 30.3 Å². The van der Waals surface area contributed by atoms with Crippen LogP contribution in [0.25, 0.3) is 0 Å². The summed E-state index contributed by atoms with van der Waals surface area (Å²) in [6.45, 7) is 6.26. The van der Waals surface area contributed by atoms with Gasteiger partial charge in [-0.05, 0) is 24.6 Å². The summed E-state index contributed by atoms with van der Waals surface area (Å²) in [5.74, 6) is 1.38. The van der Waals surface area contributed by atoms with Crippen molar-refractivity contribution in [2.45, 2.75) is 19.5 Å². The number of hydrogen-bond acceptors (Lipinski definition) is 5. The van der Waals surface area contributed by atoms with Crippen LogP contribution in [0, 0.1) is 0 Å². The molecule has 0 spiro atoms. The van der Waals surface area contributed by atoms with Crippen molar-refractivity contribution in [3.8, 4) is 0 Å². The summed E-state index contributed by atoms with van der Waals surface area (Å²) >= 11 is 0. The number of aromatic nitrogens is 2. The van der Waals surface area contributed by atoms with E-state index in [9.17, 15) is 0 Å². The maximum atomic E-state index is 5.60. The fourth-order valence-electron chi connectivity index (χ4n) is 2.85. The van der Waals surface area contributed by atoms with E-state index >= 15 is 0 Å². The Labute approximate surface area is 125 Å². The molecule has 3 rings (SSSR count). The third-order valence-corrected chi connectivity index (χ3v) is 3.93. The highest BCUT2D eigenvalue weighted by molar-refractivity contribution is 5.42. The van der Waals surface area contributed by atoms with Crippen LogP contribution in [-0.4, -0.2) is 40.8 Å². The zero-order valence-electron chi connectivity index (χ0n) is 12.3. The molecule has 1 saturated heterocycles. The van der Waals surface area contributed by atoms with Gasteiger partial charge >= 0.3 is 0 Å². The second-order valence-electron chi connectivity index (χ2n) is 5.58. The fourth-order valence-corrected chi connectivity index (χ4v) is 2.85. The van der Waals surface area contributed by atoms with E-state index in [4.69, 9.17) is 5.73 Å². The van der Waals surface area contributed by atoms with Crippen LogP contribution < -0.4 is 10.6 Å². The zero-order valence-corrected chi connectivity index (χ0v) is 12.3. The van der Waals surface area contributed by atoms with Gasteiger partial charge in [0.25, 0.3) is 0 Å². The Kier molecular flexibility index (Phi) is 4.01. The van der Waals surface area contributed by atoms with Crippen LogP contribution in [-0.2, 0) is 6.54 Å². The highest BCUT2D eigenvalue weighted by Crippen LogP contribution is 2.19. The molecule has 0 saturated carbocycles. The molecule has 2 aromatic rings. The molecule has 0 aliphatic carbocycles. The topological polar surface area (TPSA) is 58.3 Å². The van der Waals surface area contributed by atoms with Gasteiger partial charge in [-0.15, -0.1) is 10.2 Å². The molecule has 5 heteroatoms. The molecule has 1 unspecified atom stereocenters. The SMILES string of the molecule is CC1CN(Cc2ccccc2)CCN1c1ccc(N)nn1. The number of rotatable bonds is 3. The monoisotopic (exact) mass is 283 g/mol. The quantitative estimate of drug-likeness (QED) is 0.930. The average molecular weight is 283 g/mol. The van der Waals surface area contributed by atoms with Crippen molar-refractivity contribution in [1.82, 2.24) is 15.1 Å². The lowest BCUT2D eigenvalue weighted by Gasteiger charge is -2.40. The second-order valence-corrected chi connectivity index (χ2v) is 5.58. The van der Waals surface area contributed by atoms with E-state index in [0.29, 0.717) is 11.9 Å². The smallest absolute Gasteiger partial charge is 0.151 e. The van der Waals surface area contributed by atoms with Gasteiger partial charge in [0.15, 0.2) is 5.82 Å². The zero-order chi connectivity index (χ0) is 14.7. The van der Waals surface area contributed by atoms with Crippen molar-refractivity contribution in [3.63, 3.8) is 0 Å². The Morgan fingerprint density at radius 1 is 1.10 bits per heavy atom. The molecule has 0 amide bonds. The first-order valence-electron chi connectivity index (χ1n) is 7.34. The first kappa shape index (κ1) is 13.8. The average Bonchev–Trinajstić information content (AvgIpc) is 2.50. The Balaban J connectivity index is 1.63. The Morgan fingerprint density at radius 2 is 1.90 bits per heavy atom. The molecule has 5 nitrogen and oxygen atoms in total. The molecule has 1 atom stereocenters. The van der Waals surface area contributed by atoms with Crippen LogP contribution >= 0.6 is 0 Å². The van der Waals surface area contributed by atoms with E-state index in [-0.39, 0.29) is 0 Å². The molecule has 2 heterocycles. The van der Waals surface area contributed by atoms with Gasteiger partial charge < -0.3 is 10.6 Å². The standard InChI is InChI=1S/C16H21N5/c1-13-11-20(12-14-5-3-2-4-6-14)9-10-21(13)16-8-7-15(17)18-19-16/h2-8,13H,9-12H2,1H3,(H2,17,18).